The molecule has 0 spiro atoms. The van der Waals surface area contributed by atoms with E-state index >= 15 is 0 Å². The number of fused-ring (bicyclic) bond motifs is 1. The van der Waals surface area contributed by atoms with Gasteiger partial charge in [0.05, 0.1) is 17.9 Å². The molecule has 0 saturated carbocycles. The van der Waals surface area contributed by atoms with Crippen molar-refractivity contribution in [1.29, 1.82) is 0 Å². The van der Waals surface area contributed by atoms with Gasteiger partial charge >= 0.3 is 0 Å². The molecule has 3 aromatic carbocycles. The highest BCUT2D eigenvalue weighted by Gasteiger charge is 2.39. The van der Waals surface area contributed by atoms with Gasteiger partial charge in [0, 0.05) is 10.6 Å². The second kappa shape index (κ2) is 7.68. The molecule has 0 radical (unpaired) electrons. The molecular formula is C23H18ClFN2O2. The third-order valence-electron chi connectivity index (χ3n) is 5.04. The summed E-state index contributed by atoms with van der Waals surface area (Å²) in [6, 6.07) is 19.2. The first-order valence-electron chi connectivity index (χ1n) is 9.20. The van der Waals surface area contributed by atoms with Crippen LogP contribution < -0.4 is 9.80 Å². The summed E-state index contributed by atoms with van der Waals surface area (Å²) in [5.41, 5.74) is 2.40. The Balaban J connectivity index is 1.75. The van der Waals surface area contributed by atoms with E-state index in [1.165, 1.54) is 29.2 Å². The zero-order chi connectivity index (χ0) is 20.5. The number of nitrogens with zero attached hydrogens (tertiary/aromatic N) is 2. The van der Waals surface area contributed by atoms with Crippen LogP contribution in [0.3, 0.4) is 0 Å². The van der Waals surface area contributed by atoms with Gasteiger partial charge in [0.15, 0.2) is 0 Å². The number of benzene rings is 3. The molecular weight excluding hydrogens is 391 g/mol. The summed E-state index contributed by atoms with van der Waals surface area (Å²) in [6.45, 7) is 2.00. The quantitative estimate of drug-likeness (QED) is 0.607. The number of carbonyl (C=O) groups excluding carboxylic acids is 2. The van der Waals surface area contributed by atoms with E-state index in [-0.39, 0.29) is 11.8 Å². The molecule has 1 heterocycles. The van der Waals surface area contributed by atoms with Gasteiger partial charge in [-0.25, -0.2) is 4.39 Å². The van der Waals surface area contributed by atoms with Crippen LogP contribution in [0, 0.1) is 5.82 Å². The Labute approximate surface area is 173 Å². The summed E-state index contributed by atoms with van der Waals surface area (Å²) in [4.78, 5) is 29.5. The largest absolute Gasteiger partial charge is 0.304 e. The summed E-state index contributed by atoms with van der Waals surface area (Å²) in [5.74, 6) is -0.981. The van der Waals surface area contributed by atoms with Crippen LogP contribution in [0.25, 0.3) is 0 Å². The molecule has 1 aliphatic heterocycles. The van der Waals surface area contributed by atoms with Gasteiger partial charge in [-0.3, -0.25) is 14.5 Å². The average Bonchev–Trinajstić information content (AvgIpc) is 2.73. The molecule has 0 N–H and O–H groups in total. The monoisotopic (exact) mass is 408 g/mol. The normalized spacial score (nSPS) is 16.0. The fraction of sp³-hybridized carbons (Fsp3) is 0.130. The molecule has 4 rings (SSSR count). The minimum absolute atomic E-state index is 0.209. The molecule has 0 aliphatic carbocycles. The lowest BCUT2D eigenvalue weighted by Gasteiger charge is -2.40. The summed E-state index contributed by atoms with van der Waals surface area (Å²) in [7, 11) is 0. The van der Waals surface area contributed by atoms with E-state index in [9.17, 15) is 14.0 Å². The number of para-hydroxylation sites is 2. The molecule has 1 atom stereocenters. The SMILES string of the molecule is C[C@@H]1C(=O)N(Cc2ccccc2Cl)c2ccccc2N1C(=O)c1ccc(F)cc1. The van der Waals surface area contributed by atoms with E-state index in [0.29, 0.717) is 28.5 Å². The molecule has 2 amide bonds. The molecule has 0 aromatic heterocycles. The van der Waals surface area contributed by atoms with Gasteiger partial charge in [-0.15, -0.1) is 0 Å². The van der Waals surface area contributed by atoms with E-state index in [1.54, 1.807) is 30.0 Å². The second-order valence-corrected chi connectivity index (χ2v) is 7.27. The maximum Gasteiger partial charge on any atom is 0.259 e. The van der Waals surface area contributed by atoms with Crippen LogP contribution in [0.1, 0.15) is 22.8 Å². The molecule has 0 fully saturated rings. The van der Waals surface area contributed by atoms with Crippen molar-refractivity contribution in [2.45, 2.75) is 19.5 Å². The van der Waals surface area contributed by atoms with E-state index in [4.69, 9.17) is 11.6 Å². The number of hydrogen-bond acceptors (Lipinski definition) is 2. The Hall–Kier alpha value is -3.18. The van der Waals surface area contributed by atoms with Gasteiger partial charge in [0.2, 0.25) is 5.91 Å². The minimum atomic E-state index is -0.718. The van der Waals surface area contributed by atoms with Crippen LogP contribution in [0.4, 0.5) is 15.8 Å². The fourth-order valence-electron chi connectivity index (χ4n) is 3.54. The zero-order valence-corrected chi connectivity index (χ0v) is 16.4. The van der Waals surface area contributed by atoms with Crippen molar-refractivity contribution >= 4 is 34.8 Å². The molecule has 6 heteroatoms. The lowest BCUT2D eigenvalue weighted by atomic mass is 10.0. The predicted molar refractivity (Wildman–Crippen MR) is 112 cm³/mol. The minimum Gasteiger partial charge on any atom is -0.304 e. The van der Waals surface area contributed by atoms with E-state index in [1.807, 2.05) is 30.3 Å². The highest BCUT2D eigenvalue weighted by molar-refractivity contribution is 6.31. The lowest BCUT2D eigenvalue weighted by molar-refractivity contribution is -0.119. The van der Waals surface area contributed by atoms with Crippen molar-refractivity contribution in [2.24, 2.45) is 0 Å². The van der Waals surface area contributed by atoms with Gasteiger partial charge in [-0.2, -0.15) is 0 Å². The molecule has 3 aromatic rings. The number of carbonyl (C=O) groups is 2. The van der Waals surface area contributed by atoms with Crippen LogP contribution in [0.2, 0.25) is 5.02 Å². The van der Waals surface area contributed by atoms with Crippen LogP contribution in [0.15, 0.2) is 72.8 Å². The third-order valence-corrected chi connectivity index (χ3v) is 5.41. The van der Waals surface area contributed by atoms with Crippen molar-refractivity contribution in [1.82, 2.24) is 0 Å². The van der Waals surface area contributed by atoms with Gasteiger partial charge in [-0.1, -0.05) is 41.9 Å². The Kier molecular flexibility index (Phi) is 5.07. The number of amides is 2. The van der Waals surface area contributed by atoms with Crippen LogP contribution in [-0.2, 0) is 11.3 Å². The van der Waals surface area contributed by atoms with Gasteiger partial charge < -0.3 is 4.90 Å². The first-order valence-corrected chi connectivity index (χ1v) is 9.58. The van der Waals surface area contributed by atoms with Gasteiger partial charge in [0.25, 0.3) is 5.91 Å². The topological polar surface area (TPSA) is 40.6 Å². The second-order valence-electron chi connectivity index (χ2n) is 6.86. The smallest absolute Gasteiger partial charge is 0.259 e. The Morgan fingerprint density at radius 2 is 1.59 bits per heavy atom. The van der Waals surface area contributed by atoms with Crippen molar-refractivity contribution in [3.05, 3.63) is 94.8 Å². The van der Waals surface area contributed by atoms with Crippen LogP contribution in [0.5, 0.6) is 0 Å². The zero-order valence-electron chi connectivity index (χ0n) is 15.7. The first kappa shape index (κ1) is 19.2. The van der Waals surface area contributed by atoms with Crippen molar-refractivity contribution in [3.8, 4) is 0 Å². The number of halogens is 2. The highest BCUT2D eigenvalue weighted by atomic mass is 35.5. The first-order chi connectivity index (χ1) is 14.0. The maximum absolute atomic E-state index is 13.3. The van der Waals surface area contributed by atoms with E-state index in [2.05, 4.69) is 0 Å². The number of anilines is 2. The van der Waals surface area contributed by atoms with Crippen molar-refractivity contribution in [3.63, 3.8) is 0 Å². The Morgan fingerprint density at radius 1 is 0.966 bits per heavy atom. The molecule has 0 unspecified atom stereocenters. The van der Waals surface area contributed by atoms with Gasteiger partial charge in [0.1, 0.15) is 11.9 Å². The van der Waals surface area contributed by atoms with Crippen LogP contribution in [-0.4, -0.2) is 17.9 Å². The summed E-state index contributed by atoms with van der Waals surface area (Å²) in [6.07, 6.45) is 0. The Morgan fingerprint density at radius 3 is 2.28 bits per heavy atom. The molecule has 0 saturated heterocycles. The molecule has 29 heavy (non-hydrogen) atoms. The number of hydrogen-bond donors (Lipinski definition) is 0. The maximum atomic E-state index is 13.3. The van der Waals surface area contributed by atoms with Gasteiger partial charge in [-0.05, 0) is 55.0 Å². The number of rotatable bonds is 3. The summed E-state index contributed by atoms with van der Waals surface area (Å²) in [5, 5.41) is 0.579. The van der Waals surface area contributed by atoms with Crippen molar-refractivity contribution in [2.75, 3.05) is 9.80 Å². The molecule has 4 nitrogen and oxygen atoms in total. The van der Waals surface area contributed by atoms with Crippen molar-refractivity contribution < 1.29 is 14.0 Å². The van der Waals surface area contributed by atoms with Crippen LogP contribution >= 0.6 is 11.6 Å². The van der Waals surface area contributed by atoms with E-state index in [0.717, 1.165) is 5.56 Å². The highest BCUT2D eigenvalue weighted by Crippen LogP contribution is 2.38. The summed E-state index contributed by atoms with van der Waals surface area (Å²) >= 11 is 6.29. The molecule has 1 aliphatic rings. The average molecular weight is 409 g/mol. The molecule has 0 bridgehead atoms. The third kappa shape index (κ3) is 3.49. The lowest BCUT2D eigenvalue weighted by Crippen LogP contribution is -2.54. The fourth-order valence-corrected chi connectivity index (χ4v) is 3.73. The standard InChI is InChI=1S/C23H18ClFN2O2/c1-15-22(28)26(14-17-6-2-3-7-19(17)24)20-8-4-5-9-21(20)27(15)23(29)16-10-12-18(25)13-11-16/h2-13,15H,14H2,1H3/t15-/m1/s1. The predicted octanol–water partition coefficient (Wildman–Crippen LogP) is 5.06. The Bertz CT molecular complexity index is 1080. The summed E-state index contributed by atoms with van der Waals surface area (Å²) < 4.78 is 13.3. The molecule has 146 valence electrons. The van der Waals surface area contributed by atoms with E-state index < -0.39 is 11.9 Å².